The Hall–Kier alpha value is -3.12. The van der Waals surface area contributed by atoms with Gasteiger partial charge < -0.3 is 0 Å². The summed E-state index contributed by atoms with van der Waals surface area (Å²) in [6.45, 7) is 10.4. The first-order valence-electron chi connectivity index (χ1n) is 8.95. The standard InChI is InChI=1S/C26H22/c1-4-12-23(19(2)3)26(20-13-6-5-7-14-20)24-17-10-8-15-21(24)22-16-9-11-18-25(22)26/h4-18H,1-2H2,3H3/b23-12+. The largest absolute Gasteiger partial charge is 0.0991 e. The van der Waals surface area contributed by atoms with Crippen LogP contribution in [0.5, 0.6) is 0 Å². The van der Waals surface area contributed by atoms with Crippen LogP contribution in [0.4, 0.5) is 0 Å². The summed E-state index contributed by atoms with van der Waals surface area (Å²) in [5.41, 5.74) is 8.34. The van der Waals surface area contributed by atoms with Crippen molar-refractivity contribution in [3.05, 3.63) is 132 Å². The van der Waals surface area contributed by atoms with Crippen molar-refractivity contribution >= 4 is 0 Å². The van der Waals surface area contributed by atoms with Gasteiger partial charge in [0.1, 0.15) is 0 Å². The van der Waals surface area contributed by atoms with Crippen molar-refractivity contribution in [1.82, 2.24) is 0 Å². The van der Waals surface area contributed by atoms with Crippen LogP contribution in [0, 0.1) is 0 Å². The maximum Gasteiger partial charge on any atom is 0.0715 e. The van der Waals surface area contributed by atoms with E-state index in [4.69, 9.17) is 0 Å². The summed E-state index contributed by atoms with van der Waals surface area (Å²) in [5.74, 6) is 0. The van der Waals surface area contributed by atoms with E-state index in [9.17, 15) is 0 Å². The van der Waals surface area contributed by atoms with Crippen molar-refractivity contribution in [1.29, 1.82) is 0 Å². The number of hydrogen-bond acceptors (Lipinski definition) is 0. The molecule has 0 bridgehead atoms. The van der Waals surface area contributed by atoms with Crippen LogP contribution in [0.15, 0.2) is 115 Å². The molecule has 0 saturated heterocycles. The van der Waals surface area contributed by atoms with E-state index >= 15 is 0 Å². The molecule has 0 radical (unpaired) electrons. The second-order valence-corrected chi connectivity index (χ2v) is 6.80. The maximum absolute atomic E-state index is 4.32. The van der Waals surface area contributed by atoms with Crippen molar-refractivity contribution in [3.63, 3.8) is 0 Å². The van der Waals surface area contributed by atoms with Crippen molar-refractivity contribution in [3.8, 4) is 11.1 Å². The zero-order chi connectivity index (χ0) is 18.1. The molecule has 3 aromatic rings. The maximum atomic E-state index is 4.32. The Morgan fingerprint density at radius 3 is 1.77 bits per heavy atom. The molecule has 0 aromatic heterocycles. The molecule has 0 amide bonds. The van der Waals surface area contributed by atoms with Gasteiger partial charge in [0, 0.05) is 0 Å². The SMILES string of the molecule is C=C/C=C(\C(=C)C)C1(c2ccccc2)c2ccccc2-c2ccccc21. The molecule has 0 aliphatic heterocycles. The highest BCUT2D eigenvalue weighted by Crippen LogP contribution is 2.57. The molecule has 0 saturated carbocycles. The van der Waals surface area contributed by atoms with Crippen molar-refractivity contribution in [2.24, 2.45) is 0 Å². The highest BCUT2D eigenvalue weighted by molar-refractivity contribution is 5.87. The van der Waals surface area contributed by atoms with E-state index in [1.807, 2.05) is 6.08 Å². The molecule has 3 aromatic carbocycles. The predicted octanol–water partition coefficient (Wildman–Crippen LogP) is 6.69. The summed E-state index contributed by atoms with van der Waals surface area (Å²) in [6, 6.07) is 28.2. The monoisotopic (exact) mass is 334 g/mol. The first-order chi connectivity index (χ1) is 12.7. The first kappa shape index (κ1) is 16.4. The molecule has 4 rings (SSSR count). The molecule has 1 aliphatic carbocycles. The second-order valence-electron chi connectivity index (χ2n) is 6.80. The molecular weight excluding hydrogens is 312 g/mol. The number of benzene rings is 3. The van der Waals surface area contributed by atoms with E-state index in [1.165, 1.54) is 33.4 Å². The number of fused-ring (bicyclic) bond motifs is 3. The average molecular weight is 334 g/mol. The lowest BCUT2D eigenvalue weighted by Crippen LogP contribution is -2.30. The fourth-order valence-electron chi connectivity index (χ4n) is 4.39. The van der Waals surface area contributed by atoms with Gasteiger partial charge in [-0.1, -0.05) is 110 Å². The van der Waals surface area contributed by atoms with Crippen LogP contribution in [0.2, 0.25) is 0 Å². The van der Waals surface area contributed by atoms with E-state index < -0.39 is 0 Å². The number of allylic oxidation sites excluding steroid dienone is 4. The summed E-state index contributed by atoms with van der Waals surface area (Å²) in [7, 11) is 0. The zero-order valence-corrected chi connectivity index (χ0v) is 15.1. The van der Waals surface area contributed by atoms with Crippen LogP contribution in [-0.2, 0) is 5.41 Å². The average Bonchev–Trinajstić information content (AvgIpc) is 2.98. The summed E-state index contributed by atoms with van der Waals surface area (Å²) >= 11 is 0. The van der Waals surface area contributed by atoms with Crippen molar-refractivity contribution in [2.45, 2.75) is 12.3 Å². The van der Waals surface area contributed by atoms with Gasteiger partial charge in [0.05, 0.1) is 5.41 Å². The van der Waals surface area contributed by atoms with E-state index in [-0.39, 0.29) is 5.41 Å². The van der Waals surface area contributed by atoms with Gasteiger partial charge in [0.15, 0.2) is 0 Å². The Morgan fingerprint density at radius 2 is 1.27 bits per heavy atom. The third-order valence-electron chi connectivity index (χ3n) is 5.31. The van der Waals surface area contributed by atoms with Gasteiger partial charge in [0.2, 0.25) is 0 Å². The van der Waals surface area contributed by atoms with Crippen LogP contribution < -0.4 is 0 Å². The molecule has 0 nitrogen and oxygen atoms in total. The molecule has 0 N–H and O–H groups in total. The Bertz CT molecular complexity index is 973. The first-order valence-corrected chi connectivity index (χ1v) is 8.95. The molecule has 1 aliphatic rings. The lowest BCUT2D eigenvalue weighted by molar-refractivity contribution is 0.755. The minimum absolute atomic E-state index is 0.367. The molecule has 0 fully saturated rings. The zero-order valence-electron chi connectivity index (χ0n) is 15.1. The van der Waals surface area contributed by atoms with Crippen molar-refractivity contribution in [2.75, 3.05) is 0 Å². The topological polar surface area (TPSA) is 0 Å². The van der Waals surface area contributed by atoms with Gasteiger partial charge in [-0.15, -0.1) is 0 Å². The van der Waals surface area contributed by atoms with Gasteiger partial charge in [-0.05, 0) is 40.3 Å². The molecule has 26 heavy (non-hydrogen) atoms. The molecule has 0 heterocycles. The van der Waals surface area contributed by atoms with E-state index in [0.29, 0.717) is 0 Å². The number of hydrogen-bond donors (Lipinski definition) is 0. The van der Waals surface area contributed by atoms with Crippen LogP contribution in [-0.4, -0.2) is 0 Å². The Labute approximate surface area is 155 Å². The Morgan fingerprint density at radius 1 is 0.769 bits per heavy atom. The van der Waals surface area contributed by atoms with Gasteiger partial charge in [-0.2, -0.15) is 0 Å². The van der Waals surface area contributed by atoms with E-state index in [1.54, 1.807) is 0 Å². The summed E-state index contributed by atoms with van der Waals surface area (Å²) in [5, 5.41) is 0. The van der Waals surface area contributed by atoms with Gasteiger partial charge >= 0.3 is 0 Å². The van der Waals surface area contributed by atoms with Crippen LogP contribution in [0.1, 0.15) is 23.6 Å². The van der Waals surface area contributed by atoms with Crippen molar-refractivity contribution < 1.29 is 0 Å². The summed E-state index contributed by atoms with van der Waals surface area (Å²) in [4.78, 5) is 0. The van der Waals surface area contributed by atoms with Crippen LogP contribution in [0.3, 0.4) is 0 Å². The molecule has 0 atom stereocenters. The molecule has 0 heteroatoms. The van der Waals surface area contributed by atoms with Crippen LogP contribution >= 0.6 is 0 Å². The Kier molecular flexibility index (Phi) is 3.97. The highest BCUT2D eigenvalue weighted by atomic mass is 14.5. The third-order valence-corrected chi connectivity index (χ3v) is 5.31. The lowest BCUT2D eigenvalue weighted by atomic mass is 9.65. The summed E-state index contributed by atoms with van der Waals surface area (Å²) < 4.78 is 0. The Balaban J connectivity index is 2.22. The molecular formula is C26H22. The number of rotatable bonds is 4. The van der Waals surface area contributed by atoms with E-state index in [0.717, 1.165) is 5.57 Å². The lowest BCUT2D eigenvalue weighted by Gasteiger charge is -2.36. The van der Waals surface area contributed by atoms with Gasteiger partial charge in [-0.3, -0.25) is 0 Å². The summed E-state index contributed by atoms with van der Waals surface area (Å²) in [6.07, 6.45) is 3.99. The highest BCUT2D eigenvalue weighted by Gasteiger charge is 2.46. The van der Waals surface area contributed by atoms with E-state index in [2.05, 4.69) is 105 Å². The molecule has 0 spiro atoms. The second kappa shape index (κ2) is 6.31. The predicted molar refractivity (Wildman–Crippen MR) is 111 cm³/mol. The third kappa shape index (κ3) is 2.16. The van der Waals surface area contributed by atoms with Crippen LogP contribution in [0.25, 0.3) is 11.1 Å². The normalized spacial score (nSPS) is 14.4. The molecule has 126 valence electrons. The fraction of sp³-hybridized carbons (Fsp3) is 0.0769. The smallest absolute Gasteiger partial charge is 0.0715 e. The van der Waals surface area contributed by atoms with Gasteiger partial charge in [-0.25, -0.2) is 0 Å². The fourth-order valence-corrected chi connectivity index (χ4v) is 4.39. The minimum Gasteiger partial charge on any atom is -0.0991 e. The minimum atomic E-state index is -0.367. The quantitative estimate of drug-likeness (QED) is 0.466. The molecule has 0 unspecified atom stereocenters. The van der Waals surface area contributed by atoms with Gasteiger partial charge in [0.25, 0.3) is 0 Å².